The van der Waals surface area contributed by atoms with E-state index in [1.165, 1.54) is 6.20 Å². The molecule has 4 aromatic rings. The Morgan fingerprint density at radius 1 is 1.03 bits per heavy atom. The van der Waals surface area contributed by atoms with Gasteiger partial charge in [-0.15, -0.1) is 0 Å². The molecule has 0 spiro atoms. The zero-order chi connectivity index (χ0) is 22.1. The largest absolute Gasteiger partial charge is 0.326 e. The van der Waals surface area contributed by atoms with E-state index in [0.717, 1.165) is 16.6 Å². The number of carbonyl (C=O) groups excluding carboxylic acids is 2. The summed E-state index contributed by atoms with van der Waals surface area (Å²) in [6.07, 6.45) is 1.53. The van der Waals surface area contributed by atoms with Crippen molar-refractivity contribution >= 4 is 63.2 Å². The number of hydrogen-bond donors (Lipinski definition) is 1. The molecular weight excluding hydrogens is 457 g/mol. The molecule has 0 fully saturated rings. The highest BCUT2D eigenvalue weighted by Crippen LogP contribution is 2.33. The lowest BCUT2D eigenvalue weighted by Crippen LogP contribution is -2.23. The van der Waals surface area contributed by atoms with Gasteiger partial charge in [-0.25, -0.2) is 4.98 Å². The van der Waals surface area contributed by atoms with Crippen molar-refractivity contribution < 1.29 is 9.59 Å². The lowest BCUT2D eigenvalue weighted by atomic mass is 10.1. The van der Waals surface area contributed by atoms with Crippen LogP contribution in [0.3, 0.4) is 0 Å². The van der Waals surface area contributed by atoms with Crippen LogP contribution in [0.25, 0.3) is 10.9 Å². The van der Waals surface area contributed by atoms with Gasteiger partial charge in [-0.1, -0.05) is 58.6 Å². The zero-order valence-electron chi connectivity index (χ0n) is 16.3. The number of carbonyl (C=O) groups is 2. The van der Waals surface area contributed by atoms with Crippen molar-refractivity contribution in [3.8, 4) is 0 Å². The van der Waals surface area contributed by atoms with Crippen molar-refractivity contribution in [2.75, 3.05) is 5.32 Å². The van der Waals surface area contributed by atoms with Crippen molar-refractivity contribution in [1.29, 1.82) is 0 Å². The highest BCUT2D eigenvalue weighted by molar-refractivity contribution is 6.51. The van der Waals surface area contributed by atoms with E-state index >= 15 is 0 Å². The van der Waals surface area contributed by atoms with E-state index in [1.54, 1.807) is 41.0 Å². The maximum atomic E-state index is 13.1. The SMILES string of the molecule is Cc1ccc2c(c1)c(C(=O)C(=O)Nc1ccccn1)c(Cl)n2Cc1ccc(Cl)cc1Cl. The number of Topliss-reactive ketones (excluding diaryl/α,β-unsaturated/α-hetero) is 1. The van der Waals surface area contributed by atoms with Gasteiger partial charge in [0.1, 0.15) is 11.0 Å². The van der Waals surface area contributed by atoms with Crippen LogP contribution in [0, 0.1) is 6.92 Å². The molecule has 0 bridgehead atoms. The molecule has 156 valence electrons. The van der Waals surface area contributed by atoms with Gasteiger partial charge >= 0.3 is 0 Å². The minimum atomic E-state index is -0.814. The summed E-state index contributed by atoms with van der Waals surface area (Å²) in [7, 11) is 0. The number of aryl methyl sites for hydroxylation is 1. The highest BCUT2D eigenvalue weighted by atomic mass is 35.5. The van der Waals surface area contributed by atoms with Crippen LogP contribution in [0.2, 0.25) is 15.2 Å². The van der Waals surface area contributed by atoms with Crippen LogP contribution >= 0.6 is 34.8 Å². The van der Waals surface area contributed by atoms with Gasteiger partial charge in [0.05, 0.1) is 17.6 Å². The van der Waals surface area contributed by atoms with E-state index < -0.39 is 11.7 Å². The molecule has 1 N–H and O–H groups in total. The number of anilines is 1. The van der Waals surface area contributed by atoms with Crippen LogP contribution < -0.4 is 5.32 Å². The number of halogens is 3. The molecule has 0 saturated carbocycles. The molecule has 0 aliphatic heterocycles. The standard InChI is InChI=1S/C23H16Cl3N3O2/c1-13-5-8-18-16(10-13)20(21(30)23(31)28-19-4-2-3-9-27-19)22(26)29(18)12-14-6-7-15(24)11-17(14)25/h2-11H,12H2,1H3,(H,27,28,31). The topological polar surface area (TPSA) is 64.0 Å². The Labute approximate surface area is 193 Å². The number of rotatable bonds is 5. The average molecular weight is 473 g/mol. The van der Waals surface area contributed by atoms with Gasteiger partial charge in [0.2, 0.25) is 0 Å². The molecule has 8 heteroatoms. The third kappa shape index (κ3) is 4.30. The van der Waals surface area contributed by atoms with E-state index in [2.05, 4.69) is 10.3 Å². The Morgan fingerprint density at radius 3 is 2.55 bits per heavy atom. The summed E-state index contributed by atoms with van der Waals surface area (Å²) in [6.45, 7) is 2.21. The molecule has 2 heterocycles. The summed E-state index contributed by atoms with van der Waals surface area (Å²) in [6, 6.07) is 15.8. The quantitative estimate of drug-likeness (QED) is 0.279. The molecule has 0 unspecified atom stereocenters. The van der Waals surface area contributed by atoms with E-state index in [1.807, 2.05) is 25.1 Å². The molecular formula is C23H16Cl3N3O2. The van der Waals surface area contributed by atoms with Crippen molar-refractivity contribution in [2.45, 2.75) is 13.5 Å². The van der Waals surface area contributed by atoms with E-state index in [-0.39, 0.29) is 16.5 Å². The number of aromatic nitrogens is 2. The summed E-state index contributed by atoms with van der Waals surface area (Å²) >= 11 is 19.0. The molecule has 4 rings (SSSR count). The fraction of sp³-hybridized carbons (Fsp3) is 0.0870. The molecule has 2 aromatic carbocycles. The molecule has 0 radical (unpaired) electrons. The Balaban J connectivity index is 1.78. The number of hydrogen-bond acceptors (Lipinski definition) is 3. The van der Waals surface area contributed by atoms with Crippen LogP contribution in [-0.4, -0.2) is 21.2 Å². The maximum Gasteiger partial charge on any atom is 0.298 e. The smallest absolute Gasteiger partial charge is 0.298 e. The Hall–Kier alpha value is -2.86. The number of pyridine rings is 1. The Morgan fingerprint density at radius 2 is 1.84 bits per heavy atom. The van der Waals surface area contributed by atoms with E-state index in [4.69, 9.17) is 34.8 Å². The second kappa shape index (κ2) is 8.71. The van der Waals surface area contributed by atoms with Crippen molar-refractivity contribution in [3.05, 3.63) is 92.7 Å². The fourth-order valence-corrected chi connectivity index (χ4v) is 4.16. The van der Waals surface area contributed by atoms with Crippen molar-refractivity contribution in [2.24, 2.45) is 0 Å². The van der Waals surface area contributed by atoms with Gasteiger partial charge in [0, 0.05) is 21.6 Å². The van der Waals surface area contributed by atoms with Crippen LogP contribution in [0.4, 0.5) is 5.82 Å². The van der Waals surface area contributed by atoms with Gasteiger partial charge < -0.3 is 9.88 Å². The number of amides is 1. The first-order chi connectivity index (χ1) is 14.8. The summed E-state index contributed by atoms with van der Waals surface area (Å²) in [4.78, 5) is 29.8. The molecule has 31 heavy (non-hydrogen) atoms. The van der Waals surface area contributed by atoms with Gasteiger partial charge in [0.15, 0.2) is 0 Å². The predicted octanol–water partition coefficient (Wildman–Crippen LogP) is 6.17. The molecule has 5 nitrogen and oxygen atoms in total. The Kier molecular flexibility index (Phi) is 6.01. The Bertz CT molecular complexity index is 1320. The lowest BCUT2D eigenvalue weighted by Gasteiger charge is -2.10. The van der Waals surface area contributed by atoms with Crippen molar-refractivity contribution in [1.82, 2.24) is 9.55 Å². The number of ketones is 1. The van der Waals surface area contributed by atoms with Crippen LogP contribution in [-0.2, 0) is 11.3 Å². The predicted molar refractivity (Wildman–Crippen MR) is 124 cm³/mol. The van der Waals surface area contributed by atoms with Gasteiger partial charge in [-0.05, 0) is 48.9 Å². The van der Waals surface area contributed by atoms with Gasteiger partial charge in [-0.3, -0.25) is 9.59 Å². The summed E-state index contributed by atoms with van der Waals surface area (Å²) in [5.41, 5.74) is 2.57. The molecule has 0 atom stereocenters. The van der Waals surface area contributed by atoms with Gasteiger partial charge in [-0.2, -0.15) is 0 Å². The van der Waals surface area contributed by atoms with Crippen LogP contribution in [0.5, 0.6) is 0 Å². The normalized spacial score (nSPS) is 11.0. The molecule has 1 amide bonds. The van der Waals surface area contributed by atoms with Crippen LogP contribution in [0.15, 0.2) is 60.8 Å². The monoisotopic (exact) mass is 471 g/mol. The first-order valence-electron chi connectivity index (χ1n) is 9.34. The second-order valence-electron chi connectivity index (χ2n) is 7.01. The van der Waals surface area contributed by atoms with E-state index in [9.17, 15) is 9.59 Å². The third-order valence-corrected chi connectivity index (χ3v) is 5.82. The number of nitrogens with one attached hydrogen (secondary N) is 1. The first kappa shape index (κ1) is 21.4. The van der Waals surface area contributed by atoms with Gasteiger partial charge in [0.25, 0.3) is 11.7 Å². The van der Waals surface area contributed by atoms with Crippen molar-refractivity contribution in [3.63, 3.8) is 0 Å². The fourth-order valence-electron chi connectivity index (χ4n) is 3.35. The summed E-state index contributed by atoms with van der Waals surface area (Å²) < 4.78 is 1.76. The lowest BCUT2D eigenvalue weighted by molar-refractivity contribution is -0.112. The summed E-state index contributed by atoms with van der Waals surface area (Å²) in [5.74, 6) is -1.28. The zero-order valence-corrected chi connectivity index (χ0v) is 18.6. The van der Waals surface area contributed by atoms with E-state index in [0.29, 0.717) is 22.0 Å². The first-order valence-corrected chi connectivity index (χ1v) is 10.5. The summed E-state index contributed by atoms with van der Waals surface area (Å²) in [5, 5.41) is 4.28. The molecule has 2 aromatic heterocycles. The number of benzene rings is 2. The number of nitrogens with zero attached hydrogens (tertiary/aromatic N) is 2. The molecule has 0 saturated heterocycles. The minimum absolute atomic E-state index is 0.138. The molecule has 0 aliphatic carbocycles. The average Bonchev–Trinajstić information content (AvgIpc) is 3.00. The third-order valence-electron chi connectivity index (χ3n) is 4.84. The second-order valence-corrected chi connectivity index (χ2v) is 8.21. The maximum absolute atomic E-state index is 13.1. The molecule has 0 aliphatic rings. The highest BCUT2D eigenvalue weighted by Gasteiger charge is 2.27. The number of fused-ring (bicyclic) bond motifs is 1. The van der Waals surface area contributed by atoms with Crippen LogP contribution in [0.1, 0.15) is 21.5 Å². The minimum Gasteiger partial charge on any atom is -0.326 e.